The summed E-state index contributed by atoms with van der Waals surface area (Å²) in [5.41, 5.74) is 9.67. The van der Waals surface area contributed by atoms with Crippen molar-refractivity contribution in [3.05, 3.63) is 12.7 Å². The van der Waals surface area contributed by atoms with Crippen molar-refractivity contribution in [2.45, 2.75) is 70.3 Å². The van der Waals surface area contributed by atoms with Gasteiger partial charge in [-0.1, -0.05) is 32.5 Å². The van der Waals surface area contributed by atoms with Crippen molar-refractivity contribution in [2.24, 2.45) is 11.1 Å². The molecular weight excluding hydrogens is 809 g/mol. The number of amides is 2. The largest absolute Gasteiger partial charge is 0.790 e. The van der Waals surface area contributed by atoms with Gasteiger partial charge in [0.05, 0.1) is 33.4 Å². The summed E-state index contributed by atoms with van der Waals surface area (Å²) in [4.78, 5) is 95.5. The van der Waals surface area contributed by atoms with Crippen LogP contribution in [0.25, 0.3) is 11.2 Å². The molecule has 0 aliphatic carbocycles. The van der Waals surface area contributed by atoms with Crippen molar-refractivity contribution >= 4 is 69.1 Å². The molecule has 25 nitrogen and oxygen atoms in total. The summed E-state index contributed by atoms with van der Waals surface area (Å²) in [5.74, 6) is -1.30. The smallest absolute Gasteiger partial charge is 0.274 e. The molecule has 1 aliphatic heterocycles. The summed E-state index contributed by atoms with van der Waals surface area (Å²) >= 11 is 0.966. The van der Waals surface area contributed by atoms with Gasteiger partial charge in [0.1, 0.15) is 36.3 Å². The van der Waals surface area contributed by atoms with E-state index in [-0.39, 0.29) is 47.4 Å². The minimum atomic E-state index is -5.91. The Hall–Kier alpha value is -2.48. The maximum Gasteiger partial charge on any atom is 0.274 e. The first-order valence-electron chi connectivity index (χ1n) is 15.7. The molecule has 54 heavy (non-hydrogen) atoms. The van der Waals surface area contributed by atoms with Crippen LogP contribution in [0.1, 0.15) is 39.8 Å². The van der Waals surface area contributed by atoms with E-state index in [2.05, 4.69) is 43.5 Å². The Balaban J connectivity index is 1.51. The Morgan fingerprint density at radius 2 is 1.76 bits per heavy atom. The van der Waals surface area contributed by atoms with E-state index >= 15 is 0 Å². The Morgan fingerprint density at radius 3 is 2.41 bits per heavy atom. The van der Waals surface area contributed by atoms with Gasteiger partial charge in [-0.15, -0.1) is 0 Å². The number of hydrogen-bond donors (Lipinski definition) is 6. The number of phosphoric ester groups is 3. The maximum absolute atomic E-state index is 12.5. The number of imidazole rings is 1. The molecule has 0 bridgehead atoms. The van der Waals surface area contributed by atoms with Crippen molar-refractivity contribution in [1.29, 1.82) is 0 Å². The van der Waals surface area contributed by atoms with E-state index in [1.54, 1.807) is 6.92 Å². The monoisotopic (exact) mass is 848 g/mol. The number of nitrogens with two attached hydrogens (primary N) is 2. The van der Waals surface area contributed by atoms with Crippen molar-refractivity contribution in [3.8, 4) is 0 Å². The summed E-state index contributed by atoms with van der Waals surface area (Å²) in [6.07, 6.45) is -7.14. The number of aliphatic hydroxyl groups excluding tert-OH is 2. The van der Waals surface area contributed by atoms with E-state index in [1.165, 1.54) is 13.8 Å². The molecule has 2 aromatic rings. The molecule has 0 aromatic carbocycles. The topological polar surface area (TPSA) is 401 Å². The van der Waals surface area contributed by atoms with Crippen LogP contribution in [0.3, 0.4) is 0 Å². The normalized spacial score (nSPS) is 22.6. The molecule has 306 valence electrons. The molecule has 8 atom stereocenters. The lowest BCUT2D eigenvalue weighted by Gasteiger charge is -2.36. The van der Waals surface area contributed by atoms with Crippen LogP contribution in [0, 0.1) is 5.41 Å². The fraction of sp³-hybridized carbons (Fsp3) is 0.680. The van der Waals surface area contributed by atoms with Crippen LogP contribution in [0.2, 0.25) is 0 Å². The summed E-state index contributed by atoms with van der Waals surface area (Å²) in [5, 5.41) is 25.9. The summed E-state index contributed by atoms with van der Waals surface area (Å²) < 4.78 is 60.3. The second-order valence-electron chi connectivity index (χ2n) is 12.2. The second kappa shape index (κ2) is 19.1. The Kier molecular flexibility index (Phi) is 16.2. The fourth-order valence-corrected chi connectivity index (χ4v) is 8.05. The van der Waals surface area contributed by atoms with Gasteiger partial charge in [0.2, 0.25) is 16.9 Å². The molecule has 1 saturated heterocycles. The van der Waals surface area contributed by atoms with E-state index in [1.807, 2.05) is 0 Å². The number of fused-ring (bicyclic) bond motifs is 1. The number of nitrogens with zero attached hydrogens (tertiary/aromatic N) is 4. The molecular formula is C25H39N8O17P3S-4. The number of hydrogen-bond acceptors (Lipinski definition) is 23. The van der Waals surface area contributed by atoms with Gasteiger partial charge in [-0.25, -0.2) is 19.3 Å². The predicted octanol–water partition coefficient (Wildman–Crippen LogP) is -4.13. The number of aromatic nitrogens is 4. The van der Waals surface area contributed by atoms with Crippen LogP contribution >= 0.6 is 35.2 Å². The third kappa shape index (κ3) is 13.3. The highest BCUT2D eigenvalue weighted by Crippen LogP contribution is 2.56. The average molecular weight is 849 g/mol. The van der Waals surface area contributed by atoms with E-state index in [0.717, 1.165) is 29.0 Å². The number of thioether (sulfide) groups is 1. The van der Waals surface area contributed by atoms with Gasteiger partial charge in [-0.2, -0.15) is 0 Å². The Labute approximate surface area is 311 Å². The zero-order valence-corrected chi connectivity index (χ0v) is 32.3. The SMILES string of the molecule is CCC(N)C(=O)SCCNC(=O)CCNC(=O)C(O)C(C)(C)COP(=O)([O-])OP(=O)([O-])OCC1OC(n2cnc3c(N)ncnc32)C(O)C1OP(=O)([O-])[O-]. The number of aliphatic hydroxyl groups is 2. The first-order valence-corrected chi connectivity index (χ1v) is 21.1. The van der Waals surface area contributed by atoms with Gasteiger partial charge < -0.3 is 74.8 Å². The molecule has 3 heterocycles. The molecule has 2 aromatic heterocycles. The van der Waals surface area contributed by atoms with Crippen LogP contribution in [-0.4, -0.2) is 109 Å². The lowest BCUT2D eigenvalue weighted by Crippen LogP contribution is -2.46. The van der Waals surface area contributed by atoms with Crippen molar-refractivity contribution in [2.75, 3.05) is 37.8 Å². The zero-order chi connectivity index (χ0) is 40.6. The number of phosphoric acid groups is 3. The zero-order valence-electron chi connectivity index (χ0n) is 28.8. The van der Waals surface area contributed by atoms with Crippen molar-refractivity contribution in [1.82, 2.24) is 30.2 Å². The number of nitrogen functional groups attached to an aromatic ring is 1. The van der Waals surface area contributed by atoms with Gasteiger partial charge in [0.15, 0.2) is 17.7 Å². The first kappa shape index (κ1) is 45.9. The molecule has 0 saturated carbocycles. The Bertz CT molecular complexity index is 1780. The van der Waals surface area contributed by atoms with Crippen LogP contribution in [0.15, 0.2) is 12.7 Å². The number of ether oxygens (including phenoxy) is 1. The fourth-order valence-electron chi connectivity index (χ4n) is 4.53. The van der Waals surface area contributed by atoms with Gasteiger partial charge in [-0.05, 0) is 6.42 Å². The highest BCUT2D eigenvalue weighted by Gasteiger charge is 2.47. The summed E-state index contributed by atoms with van der Waals surface area (Å²) in [6, 6.07) is -0.604. The second-order valence-corrected chi connectivity index (χ2v) is 17.3. The highest BCUT2D eigenvalue weighted by molar-refractivity contribution is 8.13. The van der Waals surface area contributed by atoms with E-state index in [0.29, 0.717) is 6.42 Å². The molecule has 1 aliphatic rings. The Morgan fingerprint density at radius 1 is 1.09 bits per heavy atom. The number of carbonyl (C=O) groups excluding carboxylic acids is 3. The average Bonchev–Trinajstić information content (AvgIpc) is 3.64. The van der Waals surface area contributed by atoms with Crippen molar-refractivity contribution in [3.63, 3.8) is 0 Å². The molecule has 8 N–H and O–H groups in total. The molecule has 1 fully saturated rings. The van der Waals surface area contributed by atoms with Crippen LogP contribution < -0.4 is 41.7 Å². The lowest BCUT2D eigenvalue weighted by molar-refractivity contribution is -0.347. The van der Waals surface area contributed by atoms with Crippen LogP contribution in [-0.2, 0) is 50.7 Å². The maximum atomic E-state index is 12.5. The van der Waals surface area contributed by atoms with Gasteiger partial charge >= 0.3 is 0 Å². The predicted molar refractivity (Wildman–Crippen MR) is 176 cm³/mol. The number of carbonyl (C=O) groups is 3. The molecule has 8 unspecified atom stereocenters. The van der Waals surface area contributed by atoms with Gasteiger partial charge in [0.25, 0.3) is 15.6 Å². The number of nitrogens with one attached hydrogen (secondary N) is 2. The van der Waals surface area contributed by atoms with E-state index in [9.17, 15) is 57.9 Å². The van der Waals surface area contributed by atoms with Crippen LogP contribution in [0.4, 0.5) is 5.82 Å². The van der Waals surface area contributed by atoms with Gasteiger partial charge in [0, 0.05) is 30.7 Å². The molecule has 29 heteroatoms. The molecule has 3 rings (SSSR count). The molecule has 0 radical (unpaired) electrons. The number of anilines is 1. The molecule has 2 amide bonds. The minimum absolute atomic E-state index is 0.0235. The molecule has 0 spiro atoms. The minimum Gasteiger partial charge on any atom is -0.790 e. The third-order valence-electron chi connectivity index (χ3n) is 7.46. The van der Waals surface area contributed by atoms with E-state index < -0.39 is 90.6 Å². The van der Waals surface area contributed by atoms with Crippen LogP contribution in [0.5, 0.6) is 0 Å². The highest BCUT2D eigenvalue weighted by atomic mass is 32.2. The van der Waals surface area contributed by atoms with Gasteiger partial charge in [-0.3, -0.25) is 28.1 Å². The lowest BCUT2D eigenvalue weighted by atomic mass is 9.87. The summed E-state index contributed by atoms with van der Waals surface area (Å²) in [7, 11) is -17.6. The quantitative estimate of drug-likeness (QED) is 0.0513. The van der Waals surface area contributed by atoms with E-state index in [4.69, 9.17) is 16.2 Å². The number of rotatable bonds is 21. The van der Waals surface area contributed by atoms with Crippen molar-refractivity contribution < 1.29 is 80.5 Å². The summed E-state index contributed by atoms with van der Waals surface area (Å²) in [6.45, 7) is 1.78. The third-order valence-corrected chi connectivity index (χ3v) is 11.5. The standard InChI is InChI=1S/C25H43N8O17P3S/c1-4-13(26)24(38)54-8-7-28-15(34)5-6-29-22(37)19(36)25(2,3)10-47-53(44,45)50-52(42,43)46-9-14-18(49-51(39,40)41)17(35)23(48-14)33-12-32-16-20(27)30-11-31-21(16)33/h11-14,17-19,23,35-36H,4-10,26H2,1-3H3,(H,28,34)(H,29,37)(H,42,43)(H,44,45)(H2,27,30,31)(H2,39,40,41)/p-4. The first-order chi connectivity index (χ1) is 25.0.